The van der Waals surface area contributed by atoms with Crippen molar-refractivity contribution in [2.75, 3.05) is 13.1 Å². The molecule has 0 fully saturated rings. The van der Waals surface area contributed by atoms with Gasteiger partial charge in [-0.2, -0.15) is 14.0 Å². The zero-order valence-electron chi connectivity index (χ0n) is 7.31. The van der Waals surface area contributed by atoms with E-state index >= 15 is 0 Å². The molecule has 0 saturated heterocycles. The van der Waals surface area contributed by atoms with E-state index in [-0.39, 0.29) is 6.54 Å². The largest absolute Gasteiger partial charge is 0.383 e. The van der Waals surface area contributed by atoms with Gasteiger partial charge in [-0.25, -0.2) is 8.78 Å². The lowest BCUT2D eigenvalue weighted by Crippen LogP contribution is -2.47. The number of carbonyl (C=O) groups excluding carboxylic acids is 1. The summed E-state index contributed by atoms with van der Waals surface area (Å²) in [4.78, 5) is 11.1. The predicted octanol–water partition coefficient (Wildman–Crippen LogP) is 1.26. The van der Waals surface area contributed by atoms with Crippen molar-refractivity contribution in [1.29, 1.82) is 5.26 Å². The van der Waals surface area contributed by atoms with Gasteiger partial charge in [-0.3, -0.25) is 4.79 Å². The second-order valence-electron chi connectivity index (χ2n) is 2.40. The molecule has 0 N–H and O–H groups in total. The van der Waals surface area contributed by atoms with Crippen LogP contribution in [0.15, 0.2) is 0 Å². The topological polar surface area (TPSA) is 44.1 Å². The fourth-order valence-electron chi connectivity index (χ4n) is 0.717. The molecular formula is C7H8F4N2O. The highest BCUT2D eigenvalue weighted by molar-refractivity contribution is 5.84. The fourth-order valence-corrected chi connectivity index (χ4v) is 0.717. The van der Waals surface area contributed by atoms with E-state index in [0.29, 0.717) is 4.90 Å². The lowest BCUT2D eigenvalue weighted by molar-refractivity contribution is -0.179. The van der Waals surface area contributed by atoms with Crippen molar-refractivity contribution in [3.63, 3.8) is 0 Å². The van der Waals surface area contributed by atoms with Gasteiger partial charge in [-0.05, 0) is 6.92 Å². The third kappa shape index (κ3) is 2.58. The Kier molecular flexibility index (Phi) is 4.34. The van der Waals surface area contributed by atoms with Crippen molar-refractivity contribution in [2.45, 2.75) is 19.3 Å². The average Bonchev–Trinajstić information content (AvgIpc) is 2.12. The quantitative estimate of drug-likeness (QED) is 0.520. The molecule has 0 saturated carbocycles. The number of nitriles is 1. The molecule has 80 valence electrons. The summed E-state index contributed by atoms with van der Waals surface area (Å²) in [7, 11) is 0. The first-order valence-electron chi connectivity index (χ1n) is 3.70. The Labute approximate surface area is 77.9 Å². The summed E-state index contributed by atoms with van der Waals surface area (Å²) in [6.45, 7) is 0.475. The molecule has 0 bridgehead atoms. The van der Waals surface area contributed by atoms with E-state index in [1.54, 1.807) is 0 Å². The second kappa shape index (κ2) is 4.79. The number of alkyl halides is 4. The van der Waals surface area contributed by atoms with E-state index < -0.39 is 24.8 Å². The number of amides is 1. The van der Waals surface area contributed by atoms with E-state index in [9.17, 15) is 22.4 Å². The van der Waals surface area contributed by atoms with Gasteiger partial charge in [0, 0.05) is 6.54 Å². The fraction of sp³-hybridized carbons (Fsp3) is 0.714. The van der Waals surface area contributed by atoms with Crippen LogP contribution in [0.3, 0.4) is 0 Å². The summed E-state index contributed by atoms with van der Waals surface area (Å²) in [6, 6.07) is 1.44. The number of nitrogens with zero attached hydrogens (tertiary/aromatic N) is 2. The van der Waals surface area contributed by atoms with Crippen LogP contribution >= 0.6 is 0 Å². The second-order valence-corrected chi connectivity index (χ2v) is 2.40. The SMILES string of the molecule is CCN(CC#N)C(=O)C(F)(F)C(F)F. The molecule has 0 heterocycles. The zero-order valence-corrected chi connectivity index (χ0v) is 7.31. The van der Waals surface area contributed by atoms with Gasteiger partial charge >= 0.3 is 12.3 Å². The average molecular weight is 212 g/mol. The molecule has 0 spiro atoms. The summed E-state index contributed by atoms with van der Waals surface area (Å²) >= 11 is 0. The maximum absolute atomic E-state index is 12.4. The maximum atomic E-state index is 12.4. The minimum Gasteiger partial charge on any atom is -0.324 e. The Balaban J connectivity index is 4.66. The van der Waals surface area contributed by atoms with Crippen molar-refractivity contribution >= 4 is 5.91 Å². The number of hydrogen-bond donors (Lipinski definition) is 0. The van der Waals surface area contributed by atoms with Crippen molar-refractivity contribution in [2.24, 2.45) is 0 Å². The van der Waals surface area contributed by atoms with Crippen molar-refractivity contribution < 1.29 is 22.4 Å². The molecule has 7 heteroatoms. The van der Waals surface area contributed by atoms with Crippen molar-refractivity contribution in [3.05, 3.63) is 0 Å². The Hall–Kier alpha value is -1.32. The monoisotopic (exact) mass is 212 g/mol. The highest BCUT2D eigenvalue weighted by Gasteiger charge is 2.50. The van der Waals surface area contributed by atoms with Crippen LogP contribution in [0.25, 0.3) is 0 Å². The van der Waals surface area contributed by atoms with Gasteiger partial charge < -0.3 is 4.90 Å². The molecule has 0 aromatic rings. The molecule has 0 aromatic heterocycles. The normalized spacial score (nSPS) is 11.2. The van der Waals surface area contributed by atoms with Gasteiger partial charge in [-0.15, -0.1) is 0 Å². The Morgan fingerprint density at radius 3 is 2.36 bits per heavy atom. The van der Waals surface area contributed by atoms with Crippen molar-refractivity contribution in [1.82, 2.24) is 4.90 Å². The number of rotatable bonds is 4. The van der Waals surface area contributed by atoms with Gasteiger partial charge in [0.2, 0.25) is 0 Å². The Bertz CT molecular complexity index is 249. The van der Waals surface area contributed by atoms with Crippen LogP contribution in [0.1, 0.15) is 6.92 Å². The van der Waals surface area contributed by atoms with Crippen LogP contribution in [0, 0.1) is 11.3 Å². The standard InChI is InChI=1S/C7H8F4N2O/c1-2-13(4-3-12)6(14)7(10,11)5(8)9/h5H,2,4H2,1H3. The molecule has 0 rings (SSSR count). The lowest BCUT2D eigenvalue weighted by Gasteiger charge is -2.22. The van der Waals surface area contributed by atoms with E-state index in [4.69, 9.17) is 5.26 Å². The summed E-state index contributed by atoms with van der Waals surface area (Å²) in [5, 5.41) is 8.14. The maximum Gasteiger partial charge on any atom is 0.383 e. The van der Waals surface area contributed by atoms with Gasteiger partial charge in [0.15, 0.2) is 0 Å². The van der Waals surface area contributed by atoms with Gasteiger partial charge in [-0.1, -0.05) is 0 Å². The van der Waals surface area contributed by atoms with Crippen molar-refractivity contribution in [3.8, 4) is 6.07 Å². The molecule has 14 heavy (non-hydrogen) atoms. The van der Waals surface area contributed by atoms with Crippen LogP contribution in [0.2, 0.25) is 0 Å². The minimum atomic E-state index is -4.72. The molecule has 0 unspecified atom stereocenters. The Morgan fingerprint density at radius 2 is 2.07 bits per heavy atom. The summed E-state index contributed by atoms with van der Waals surface area (Å²) in [6.07, 6.45) is -4.05. The molecule has 0 aromatic carbocycles. The number of halogens is 4. The first-order chi connectivity index (χ1) is 6.37. The predicted molar refractivity (Wildman–Crippen MR) is 38.8 cm³/mol. The van der Waals surface area contributed by atoms with Gasteiger partial charge in [0.05, 0.1) is 6.07 Å². The molecule has 0 aliphatic carbocycles. The smallest absolute Gasteiger partial charge is 0.324 e. The first-order valence-corrected chi connectivity index (χ1v) is 3.70. The summed E-state index contributed by atoms with van der Waals surface area (Å²) in [5.74, 6) is -6.73. The van der Waals surface area contributed by atoms with E-state index in [0.717, 1.165) is 0 Å². The minimum absolute atomic E-state index is 0.214. The van der Waals surface area contributed by atoms with Gasteiger partial charge in [0.1, 0.15) is 6.54 Å². The highest BCUT2D eigenvalue weighted by Crippen LogP contribution is 2.25. The van der Waals surface area contributed by atoms with Crippen LogP contribution in [0.5, 0.6) is 0 Å². The molecule has 3 nitrogen and oxygen atoms in total. The molecule has 0 atom stereocenters. The third-order valence-electron chi connectivity index (χ3n) is 1.49. The summed E-state index contributed by atoms with van der Waals surface area (Å²) in [5.41, 5.74) is 0. The highest BCUT2D eigenvalue weighted by atomic mass is 19.3. The molecule has 1 amide bonds. The Morgan fingerprint density at radius 1 is 1.57 bits per heavy atom. The van der Waals surface area contributed by atoms with Crippen LogP contribution in [-0.4, -0.2) is 36.2 Å². The molecule has 0 radical (unpaired) electrons. The molecule has 0 aliphatic heterocycles. The van der Waals surface area contributed by atoms with E-state index in [1.807, 2.05) is 0 Å². The van der Waals surface area contributed by atoms with Crippen LogP contribution < -0.4 is 0 Å². The lowest BCUT2D eigenvalue weighted by atomic mass is 10.3. The first kappa shape index (κ1) is 12.7. The van der Waals surface area contributed by atoms with Crippen LogP contribution in [-0.2, 0) is 4.79 Å². The third-order valence-corrected chi connectivity index (χ3v) is 1.49. The zero-order chi connectivity index (χ0) is 11.4. The number of carbonyl (C=O) groups is 1. The molecule has 0 aliphatic rings. The van der Waals surface area contributed by atoms with E-state index in [2.05, 4.69) is 0 Å². The molecular weight excluding hydrogens is 204 g/mol. The van der Waals surface area contributed by atoms with Gasteiger partial charge in [0.25, 0.3) is 5.91 Å². The van der Waals surface area contributed by atoms with Crippen LogP contribution in [0.4, 0.5) is 17.6 Å². The number of hydrogen-bond acceptors (Lipinski definition) is 2. The summed E-state index contributed by atoms with van der Waals surface area (Å²) < 4.78 is 48.3. The van der Waals surface area contributed by atoms with E-state index in [1.165, 1.54) is 13.0 Å².